The Morgan fingerprint density at radius 2 is 2.19 bits per heavy atom. The molecule has 0 aliphatic carbocycles. The van der Waals surface area contributed by atoms with Crippen LogP contribution in [-0.4, -0.2) is 31.3 Å². The number of benzene rings is 1. The number of aromatic nitrogens is 3. The lowest BCUT2D eigenvalue weighted by Crippen LogP contribution is -2.26. The van der Waals surface area contributed by atoms with Crippen LogP contribution in [0.25, 0.3) is 10.2 Å². The highest BCUT2D eigenvalue weighted by Gasteiger charge is 2.16. The van der Waals surface area contributed by atoms with Crippen molar-refractivity contribution in [2.24, 2.45) is 0 Å². The third-order valence-corrected chi connectivity index (χ3v) is 5.67. The largest absolute Gasteiger partial charge is 0.493 e. The van der Waals surface area contributed by atoms with Crippen LogP contribution in [0, 0.1) is 0 Å². The van der Waals surface area contributed by atoms with Crippen LogP contribution in [0.2, 0.25) is 0 Å². The van der Waals surface area contributed by atoms with Gasteiger partial charge >= 0.3 is 0 Å². The van der Waals surface area contributed by atoms with Gasteiger partial charge in [-0.05, 0) is 18.6 Å². The Balaban J connectivity index is 1.74. The zero-order valence-corrected chi connectivity index (χ0v) is 16.3. The van der Waals surface area contributed by atoms with Crippen molar-refractivity contribution in [3.05, 3.63) is 52.8 Å². The number of thiazole rings is 1. The molecule has 0 fully saturated rings. The van der Waals surface area contributed by atoms with Gasteiger partial charge in [-0.1, -0.05) is 48.2 Å². The maximum atomic E-state index is 12.5. The highest BCUT2D eigenvalue weighted by atomic mass is 32.2. The quantitative estimate of drug-likeness (QED) is 0.358. The van der Waals surface area contributed by atoms with E-state index in [-0.39, 0.29) is 40.4 Å². The average Bonchev–Trinajstić information content (AvgIpc) is 3.05. The van der Waals surface area contributed by atoms with E-state index in [1.165, 1.54) is 15.9 Å². The Hall–Kier alpha value is -2.65. The standard InChI is InChI=1S/C18H18N4O3S2/c1-3-9-22-16(25)11(4-2)15(24)21-18(22)26-10-14(23)20-17-19-12-7-5-6-8-13(12)27-17/h3,5-8,24H,1,4,9-10H2,2H3,(H,19,20,23). The number of nitrogens with one attached hydrogen (secondary N) is 1. The van der Waals surface area contributed by atoms with Gasteiger partial charge in [0.25, 0.3) is 5.56 Å². The van der Waals surface area contributed by atoms with Crippen molar-refractivity contribution in [3.8, 4) is 5.88 Å². The molecule has 3 aromatic rings. The van der Waals surface area contributed by atoms with E-state index in [9.17, 15) is 14.7 Å². The normalized spacial score (nSPS) is 10.9. The molecule has 0 radical (unpaired) electrons. The van der Waals surface area contributed by atoms with Gasteiger partial charge in [-0.25, -0.2) is 4.98 Å². The van der Waals surface area contributed by atoms with Crippen molar-refractivity contribution < 1.29 is 9.90 Å². The number of carbonyl (C=O) groups is 1. The smallest absolute Gasteiger partial charge is 0.261 e. The second kappa shape index (κ2) is 8.36. The van der Waals surface area contributed by atoms with Gasteiger partial charge in [0.15, 0.2) is 10.3 Å². The number of thioether (sulfide) groups is 1. The van der Waals surface area contributed by atoms with E-state index >= 15 is 0 Å². The van der Waals surface area contributed by atoms with Crippen LogP contribution in [0.15, 0.2) is 46.9 Å². The summed E-state index contributed by atoms with van der Waals surface area (Å²) in [6.07, 6.45) is 1.95. The fraction of sp³-hybridized carbons (Fsp3) is 0.222. The predicted octanol–water partition coefficient (Wildman–Crippen LogP) is 3.04. The molecular weight excluding hydrogens is 384 g/mol. The van der Waals surface area contributed by atoms with Crippen LogP contribution in [0.3, 0.4) is 0 Å². The average molecular weight is 403 g/mol. The van der Waals surface area contributed by atoms with E-state index in [1.807, 2.05) is 24.3 Å². The number of fused-ring (bicyclic) bond motifs is 1. The van der Waals surface area contributed by atoms with Gasteiger partial charge in [0.2, 0.25) is 11.8 Å². The number of allylic oxidation sites excluding steroid dienone is 1. The fourth-order valence-electron chi connectivity index (χ4n) is 2.48. The molecule has 9 heteroatoms. The Morgan fingerprint density at radius 1 is 1.41 bits per heavy atom. The zero-order valence-electron chi connectivity index (χ0n) is 14.6. The minimum Gasteiger partial charge on any atom is -0.493 e. The van der Waals surface area contributed by atoms with Crippen LogP contribution in [0.1, 0.15) is 12.5 Å². The highest BCUT2D eigenvalue weighted by Crippen LogP contribution is 2.26. The number of aromatic hydroxyl groups is 1. The van der Waals surface area contributed by atoms with E-state index in [1.54, 1.807) is 13.0 Å². The monoisotopic (exact) mass is 402 g/mol. The van der Waals surface area contributed by atoms with Crippen LogP contribution in [0.5, 0.6) is 5.88 Å². The SMILES string of the molecule is C=CCn1c(SCC(=O)Nc2nc3ccccc3s2)nc(O)c(CC)c1=O. The van der Waals surface area contributed by atoms with Crippen molar-refractivity contribution >= 4 is 44.4 Å². The second-order valence-corrected chi connectivity index (χ2v) is 7.55. The van der Waals surface area contributed by atoms with Crippen molar-refractivity contribution in [1.29, 1.82) is 0 Å². The van der Waals surface area contributed by atoms with Gasteiger partial charge in [0.1, 0.15) is 0 Å². The molecule has 27 heavy (non-hydrogen) atoms. The van der Waals surface area contributed by atoms with E-state index in [0.29, 0.717) is 11.6 Å². The molecule has 2 heterocycles. The van der Waals surface area contributed by atoms with Crippen molar-refractivity contribution in [3.63, 3.8) is 0 Å². The Labute approximate surface area is 163 Å². The number of nitrogens with zero attached hydrogens (tertiary/aromatic N) is 3. The number of hydrogen-bond acceptors (Lipinski definition) is 7. The molecule has 0 saturated carbocycles. The molecule has 7 nitrogen and oxygen atoms in total. The Kier molecular flexibility index (Phi) is 5.92. The lowest BCUT2D eigenvalue weighted by molar-refractivity contribution is -0.113. The molecular formula is C18H18N4O3S2. The van der Waals surface area contributed by atoms with Crippen LogP contribution in [-0.2, 0) is 17.8 Å². The molecule has 0 atom stereocenters. The maximum absolute atomic E-state index is 12.5. The number of para-hydroxylation sites is 1. The van der Waals surface area contributed by atoms with E-state index in [4.69, 9.17) is 0 Å². The molecule has 2 N–H and O–H groups in total. The minimum absolute atomic E-state index is 0.0322. The summed E-state index contributed by atoms with van der Waals surface area (Å²) in [4.78, 5) is 33.2. The third kappa shape index (κ3) is 4.20. The van der Waals surface area contributed by atoms with Gasteiger partial charge < -0.3 is 10.4 Å². The van der Waals surface area contributed by atoms with Crippen molar-refractivity contribution in [1.82, 2.24) is 14.5 Å². The molecule has 0 saturated heterocycles. The summed E-state index contributed by atoms with van der Waals surface area (Å²) in [6, 6.07) is 7.62. The van der Waals surface area contributed by atoms with Crippen LogP contribution in [0.4, 0.5) is 5.13 Å². The molecule has 2 aromatic heterocycles. The second-order valence-electron chi connectivity index (χ2n) is 5.58. The zero-order chi connectivity index (χ0) is 19.4. The van der Waals surface area contributed by atoms with E-state index < -0.39 is 0 Å². The van der Waals surface area contributed by atoms with Gasteiger partial charge in [0, 0.05) is 6.54 Å². The number of amides is 1. The summed E-state index contributed by atoms with van der Waals surface area (Å²) in [6.45, 7) is 5.67. The molecule has 0 unspecified atom stereocenters. The molecule has 0 aliphatic rings. The Bertz CT molecular complexity index is 1030. The summed E-state index contributed by atoms with van der Waals surface area (Å²) < 4.78 is 2.39. The third-order valence-electron chi connectivity index (χ3n) is 3.74. The Morgan fingerprint density at radius 3 is 2.89 bits per heavy atom. The summed E-state index contributed by atoms with van der Waals surface area (Å²) in [5.41, 5.74) is 0.756. The lowest BCUT2D eigenvalue weighted by atomic mass is 10.2. The first-order valence-corrected chi connectivity index (χ1v) is 10.1. The highest BCUT2D eigenvalue weighted by molar-refractivity contribution is 7.99. The first-order valence-electron chi connectivity index (χ1n) is 8.25. The predicted molar refractivity (Wildman–Crippen MR) is 109 cm³/mol. The van der Waals surface area contributed by atoms with Crippen molar-refractivity contribution in [2.45, 2.75) is 25.0 Å². The van der Waals surface area contributed by atoms with Crippen molar-refractivity contribution in [2.75, 3.05) is 11.1 Å². The number of hydrogen-bond donors (Lipinski definition) is 2. The van der Waals surface area contributed by atoms with Gasteiger partial charge in [-0.2, -0.15) is 4.98 Å². The summed E-state index contributed by atoms with van der Waals surface area (Å²) in [5, 5.41) is 13.5. The van der Waals surface area contributed by atoms with Gasteiger partial charge in [-0.15, -0.1) is 6.58 Å². The summed E-state index contributed by atoms with van der Waals surface area (Å²) in [7, 11) is 0. The number of rotatable bonds is 7. The lowest BCUT2D eigenvalue weighted by Gasteiger charge is -2.12. The van der Waals surface area contributed by atoms with E-state index in [2.05, 4.69) is 21.9 Å². The molecule has 0 aliphatic heterocycles. The van der Waals surface area contributed by atoms with Gasteiger partial charge in [0.05, 0.1) is 21.5 Å². The molecule has 3 rings (SSSR count). The van der Waals surface area contributed by atoms with E-state index in [0.717, 1.165) is 22.0 Å². The topological polar surface area (TPSA) is 97.1 Å². The minimum atomic E-state index is -0.320. The number of carbonyl (C=O) groups excluding carboxylic acids is 1. The fourth-order valence-corrected chi connectivity index (χ4v) is 4.16. The molecule has 0 spiro atoms. The summed E-state index contributed by atoms with van der Waals surface area (Å²) in [5.74, 6) is -0.529. The van der Waals surface area contributed by atoms with Crippen LogP contribution < -0.4 is 10.9 Å². The summed E-state index contributed by atoms with van der Waals surface area (Å²) >= 11 is 2.47. The first-order chi connectivity index (χ1) is 13.0. The first kappa shape index (κ1) is 19.1. The van der Waals surface area contributed by atoms with Gasteiger partial charge in [-0.3, -0.25) is 14.2 Å². The maximum Gasteiger partial charge on any atom is 0.261 e. The molecule has 1 amide bonds. The number of anilines is 1. The molecule has 140 valence electrons. The van der Waals surface area contributed by atoms with Crippen LogP contribution >= 0.6 is 23.1 Å². The molecule has 0 bridgehead atoms. The molecule has 1 aromatic carbocycles.